The minimum absolute atomic E-state index is 0.00519. The summed E-state index contributed by atoms with van der Waals surface area (Å²) in [5.74, 6) is -1.08. The molecule has 0 aromatic heterocycles. The third-order valence-corrected chi connectivity index (χ3v) is 7.13. The van der Waals surface area contributed by atoms with E-state index in [1.165, 1.54) is 24.1 Å². The van der Waals surface area contributed by atoms with Gasteiger partial charge in [0.25, 0.3) is 5.69 Å². The SMILES string of the molecule is CC[C@H](C)NC(=O)[C@H](C)N(Cc1ccc(Cl)cc1)C(=O)CN(c1cc([N+](=O)[O-])ccc1OC)S(C)(=O)=O. The van der Waals surface area contributed by atoms with Crippen molar-refractivity contribution in [2.75, 3.05) is 24.2 Å². The minimum atomic E-state index is -4.10. The Bertz CT molecular complexity index is 1240. The number of nitro benzene ring substituents is 1. The second-order valence-corrected chi connectivity index (χ2v) is 10.9. The highest BCUT2D eigenvalue weighted by Crippen LogP contribution is 2.34. The zero-order valence-electron chi connectivity index (χ0n) is 21.3. The van der Waals surface area contributed by atoms with E-state index in [4.69, 9.17) is 16.3 Å². The first-order chi connectivity index (χ1) is 17.3. The van der Waals surface area contributed by atoms with Crippen molar-refractivity contribution in [3.8, 4) is 5.75 Å². The zero-order chi connectivity index (χ0) is 27.9. The van der Waals surface area contributed by atoms with Gasteiger partial charge in [-0.15, -0.1) is 0 Å². The van der Waals surface area contributed by atoms with Crippen LogP contribution in [0.3, 0.4) is 0 Å². The number of benzene rings is 2. The topological polar surface area (TPSA) is 139 Å². The number of nitrogens with one attached hydrogen (secondary N) is 1. The molecule has 2 atom stereocenters. The molecule has 0 aliphatic carbocycles. The maximum Gasteiger partial charge on any atom is 0.271 e. The van der Waals surface area contributed by atoms with Gasteiger partial charge >= 0.3 is 0 Å². The van der Waals surface area contributed by atoms with Gasteiger partial charge < -0.3 is 15.0 Å². The summed E-state index contributed by atoms with van der Waals surface area (Å²) in [4.78, 5) is 38.4. The molecule has 13 heteroatoms. The summed E-state index contributed by atoms with van der Waals surface area (Å²) in [6, 6.07) is 9.02. The van der Waals surface area contributed by atoms with Crippen LogP contribution in [0.15, 0.2) is 42.5 Å². The van der Waals surface area contributed by atoms with E-state index in [0.717, 1.165) is 16.6 Å². The lowest BCUT2D eigenvalue weighted by atomic mass is 10.1. The number of nitro groups is 1. The van der Waals surface area contributed by atoms with Crippen LogP contribution in [0, 0.1) is 10.1 Å². The summed E-state index contributed by atoms with van der Waals surface area (Å²) in [7, 11) is -2.82. The fraction of sp³-hybridized carbons (Fsp3) is 0.417. The van der Waals surface area contributed by atoms with Crippen molar-refractivity contribution in [2.24, 2.45) is 0 Å². The predicted octanol–water partition coefficient (Wildman–Crippen LogP) is 3.35. The maximum absolute atomic E-state index is 13.6. The molecule has 0 saturated heterocycles. The Balaban J connectivity index is 2.50. The molecule has 37 heavy (non-hydrogen) atoms. The second kappa shape index (κ2) is 12.7. The Morgan fingerprint density at radius 2 is 1.78 bits per heavy atom. The van der Waals surface area contributed by atoms with E-state index in [2.05, 4.69) is 5.32 Å². The summed E-state index contributed by atoms with van der Waals surface area (Å²) in [6.07, 6.45) is 1.55. The molecule has 0 aliphatic heterocycles. The van der Waals surface area contributed by atoms with Crippen molar-refractivity contribution in [3.05, 3.63) is 63.2 Å². The third-order valence-electron chi connectivity index (χ3n) is 5.76. The van der Waals surface area contributed by atoms with Gasteiger partial charge in [0.15, 0.2) is 0 Å². The van der Waals surface area contributed by atoms with Gasteiger partial charge in [-0.3, -0.25) is 24.0 Å². The molecule has 0 aliphatic rings. The van der Waals surface area contributed by atoms with Crippen LogP contribution in [0.1, 0.15) is 32.8 Å². The first kappa shape index (κ1) is 29.8. The molecule has 0 radical (unpaired) electrons. The van der Waals surface area contributed by atoms with E-state index in [1.807, 2.05) is 13.8 Å². The molecule has 2 amide bonds. The summed E-state index contributed by atoms with van der Waals surface area (Å²) in [5, 5.41) is 14.7. The molecule has 1 N–H and O–H groups in total. The molecule has 2 aromatic carbocycles. The molecular formula is C24H31ClN4O7S. The lowest BCUT2D eigenvalue weighted by Crippen LogP contribution is -2.52. The number of hydrogen-bond acceptors (Lipinski definition) is 7. The van der Waals surface area contributed by atoms with Gasteiger partial charge in [0.05, 0.1) is 18.3 Å². The molecule has 0 fully saturated rings. The maximum atomic E-state index is 13.6. The smallest absolute Gasteiger partial charge is 0.271 e. The van der Waals surface area contributed by atoms with E-state index in [0.29, 0.717) is 17.0 Å². The second-order valence-electron chi connectivity index (χ2n) is 8.52. The Kier molecular flexibility index (Phi) is 10.3. The first-order valence-electron chi connectivity index (χ1n) is 11.4. The van der Waals surface area contributed by atoms with E-state index < -0.39 is 39.3 Å². The average Bonchev–Trinajstić information content (AvgIpc) is 2.85. The van der Waals surface area contributed by atoms with Crippen molar-refractivity contribution in [3.63, 3.8) is 0 Å². The van der Waals surface area contributed by atoms with E-state index in [9.17, 15) is 28.1 Å². The van der Waals surface area contributed by atoms with Gasteiger partial charge in [-0.2, -0.15) is 0 Å². The van der Waals surface area contributed by atoms with Crippen LogP contribution in [0.5, 0.6) is 5.75 Å². The number of methoxy groups -OCH3 is 1. The van der Waals surface area contributed by atoms with Crippen LogP contribution in [0.4, 0.5) is 11.4 Å². The number of hydrogen-bond donors (Lipinski definition) is 1. The van der Waals surface area contributed by atoms with Crippen molar-refractivity contribution in [1.82, 2.24) is 10.2 Å². The molecule has 0 bridgehead atoms. The Hall–Kier alpha value is -3.38. The first-order valence-corrected chi connectivity index (χ1v) is 13.7. The molecule has 0 unspecified atom stereocenters. The minimum Gasteiger partial charge on any atom is -0.495 e. The zero-order valence-corrected chi connectivity index (χ0v) is 22.9. The lowest BCUT2D eigenvalue weighted by molar-refractivity contribution is -0.384. The molecule has 2 rings (SSSR count). The Morgan fingerprint density at radius 3 is 2.30 bits per heavy atom. The molecule has 202 valence electrons. The van der Waals surface area contributed by atoms with E-state index >= 15 is 0 Å². The number of rotatable bonds is 12. The Morgan fingerprint density at radius 1 is 1.16 bits per heavy atom. The number of carbonyl (C=O) groups excluding carboxylic acids is 2. The normalized spacial score (nSPS) is 12.8. The van der Waals surface area contributed by atoms with Gasteiger partial charge in [0.1, 0.15) is 24.0 Å². The molecule has 2 aromatic rings. The molecule has 0 heterocycles. The highest BCUT2D eigenvalue weighted by Gasteiger charge is 2.32. The number of anilines is 1. The van der Waals surface area contributed by atoms with Crippen LogP contribution in [0.2, 0.25) is 5.02 Å². The number of carbonyl (C=O) groups is 2. The van der Waals surface area contributed by atoms with Crippen LogP contribution in [-0.2, 0) is 26.2 Å². The van der Waals surface area contributed by atoms with Gasteiger partial charge in [0, 0.05) is 29.7 Å². The largest absolute Gasteiger partial charge is 0.495 e. The number of ether oxygens (including phenoxy) is 1. The quantitative estimate of drug-likeness (QED) is 0.313. The molecule has 0 spiro atoms. The summed E-state index contributed by atoms with van der Waals surface area (Å²) < 4.78 is 31.5. The van der Waals surface area contributed by atoms with Crippen LogP contribution in [-0.4, -0.2) is 62.0 Å². The van der Waals surface area contributed by atoms with Gasteiger partial charge in [-0.05, 0) is 44.0 Å². The Labute approximate surface area is 221 Å². The third kappa shape index (κ3) is 8.05. The van der Waals surface area contributed by atoms with Crippen LogP contribution in [0.25, 0.3) is 0 Å². The van der Waals surface area contributed by atoms with Gasteiger partial charge in [-0.25, -0.2) is 8.42 Å². The monoisotopic (exact) mass is 554 g/mol. The molecule has 11 nitrogen and oxygen atoms in total. The van der Waals surface area contributed by atoms with Crippen molar-refractivity contribution in [1.29, 1.82) is 0 Å². The van der Waals surface area contributed by atoms with Gasteiger partial charge in [-0.1, -0.05) is 30.7 Å². The number of nitrogens with zero attached hydrogens (tertiary/aromatic N) is 3. The summed E-state index contributed by atoms with van der Waals surface area (Å²) >= 11 is 5.97. The number of non-ortho nitro benzene ring substituents is 1. The number of amides is 2. The highest BCUT2D eigenvalue weighted by atomic mass is 35.5. The fourth-order valence-electron chi connectivity index (χ4n) is 3.42. The fourth-order valence-corrected chi connectivity index (χ4v) is 4.39. The van der Waals surface area contributed by atoms with Gasteiger partial charge in [0.2, 0.25) is 21.8 Å². The summed E-state index contributed by atoms with van der Waals surface area (Å²) in [5.41, 5.74) is 0.117. The standard InChI is InChI=1S/C24H31ClN4O7S/c1-6-16(2)26-24(31)17(3)27(14-18-7-9-19(25)10-8-18)23(30)15-28(37(5,34)35)21-13-20(29(32)33)11-12-22(21)36-4/h7-13,16-17H,6,14-15H2,1-5H3,(H,26,31)/t16-,17-/m0/s1. The molecule has 0 saturated carbocycles. The summed E-state index contributed by atoms with van der Waals surface area (Å²) in [6.45, 7) is 4.56. The predicted molar refractivity (Wildman–Crippen MR) is 141 cm³/mol. The van der Waals surface area contributed by atoms with E-state index in [1.54, 1.807) is 31.2 Å². The number of halogens is 1. The average molecular weight is 555 g/mol. The number of sulfonamides is 1. The van der Waals surface area contributed by atoms with E-state index in [-0.39, 0.29) is 29.7 Å². The van der Waals surface area contributed by atoms with Crippen molar-refractivity contribution in [2.45, 2.75) is 45.8 Å². The van der Waals surface area contributed by atoms with Crippen molar-refractivity contribution >= 4 is 44.8 Å². The molecular weight excluding hydrogens is 524 g/mol. The van der Waals surface area contributed by atoms with Crippen molar-refractivity contribution < 1.29 is 27.7 Å². The van der Waals surface area contributed by atoms with Crippen LogP contribution < -0.4 is 14.4 Å². The highest BCUT2D eigenvalue weighted by molar-refractivity contribution is 7.92. The van der Waals surface area contributed by atoms with Crippen LogP contribution >= 0.6 is 11.6 Å². The lowest BCUT2D eigenvalue weighted by Gasteiger charge is -2.32.